The molecule has 1 aliphatic heterocycles. The summed E-state index contributed by atoms with van der Waals surface area (Å²) in [5, 5.41) is 8.69. The Morgan fingerprint density at radius 2 is 2.05 bits per heavy atom. The van der Waals surface area contributed by atoms with Gasteiger partial charge in [-0.2, -0.15) is 16.7 Å². The van der Waals surface area contributed by atoms with Crippen LogP contribution in [-0.2, 0) is 6.42 Å². The molecule has 1 aromatic rings. The molecule has 1 fully saturated rings. The lowest BCUT2D eigenvalue weighted by atomic mass is 9.84. The number of likely N-dealkylation sites (N-methyl/N-ethyl adjacent to an activating group) is 1. The van der Waals surface area contributed by atoms with Crippen LogP contribution in [0.5, 0.6) is 0 Å². The van der Waals surface area contributed by atoms with Gasteiger partial charge < -0.3 is 9.84 Å². The lowest BCUT2D eigenvalue weighted by Crippen LogP contribution is -2.42. The highest BCUT2D eigenvalue weighted by molar-refractivity contribution is 8.06. The SMILES string of the molecule is CCNC(Cc1nc(C2SCCSC2C)no1)C(C)(C)C. The van der Waals surface area contributed by atoms with E-state index in [4.69, 9.17) is 4.52 Å². The molecular weight excluding hydrogens is 302 g/mol. The summed E-state index contributed by atoms with van der Waals surface area (Å²) in [7, 11) is 0. The van der Waals surface area contributed by atoms with E-state index in [1.54, 1.807) is 0 Å². The first-order valence-corrected chi connectivity index (χ1v) is 9.80. The van der Waals surface area contributed by atoms with Crippen LogP contribution < -0.4 is 5.32 Å². The lowest BCUT2D eigenvalue weighted by molar-refractivity contribution is 0.247. The Kier molecular flexibility index (Phi) is 6.03. The van der Waals surface area contributed by atoms with Crippen molar-refractivity contribution in [2.75, 3.05) is 18.1 Å². The van der Waals surface area contributed by atoms with Gasteiger partial charge in [-0.25, -0.2) is 0 Å². The highest BCUT2D eigenvalue weighted by Crippen LogP contribution is 2.41. The van der Waals surface area contributed by atoms with Crippen LogP contribution in [0, 0.1) is 5.41 Å². The second-order valence-electron chi connectivity index (χ2n) is 6.59. The van der Waals surface area contributed by atoms with Gasteiger partial charge in [0.1, 0.15) is 0 Å². The van der Waals surface area contributed by atoms with Gasteiger partial charge in [-0.1, -0.05) is 39.8 Å². The molecule has 6 heteroatoms. The van der Waals surface area contributed by atoms with Crippen LogP contribution in [0.3, 0.4) is 0 Å². The van der Waals surface area contributed by atoms with E-state index in [1.165, 1.54) is 11.5 Å². The van der Waals surface area contributed by atoms with E-state index >= 15 is 0 Å². The third-order valence-electron chi connectivity index (χ3n) is 3.80. The topological polar surface area (TPSA) is 51.0 Å². The summed E-state index contributed by atoms with van der Waals surface area (Å²) in [6.07, 6.45) is 0.795. The van der Waals surface area contributed by atoms with E-state index < -0.39 is 0 Å². The van der Waals surface area contributed by atoms with Crippen LogP contribution >= 0.6 is 23.5 Å². The summed E-state index contributed by atoms with van der Waals surface area (Å²) >= 11 is 3.95. The summed E-state index contributed by atoms with van der Waals surface area (Å²) < 4.78 is 5.51. The number of rotatable bonds is 5. The van der Waals surface area contributed by atoms with Crippen LogP contribution in [0.15, 0.2) is 4.52 Å². The molecule has 21 heavy (non-hydrogen) atoms. The Morgan fingerprint density at radius 3 is 2.67 bits per heavy atom. The number of aromatic nitrogens is 2. The van der Waals surface area contributed by atoms with Gasteiger partial charge in [-0.05, 0) is 12.0 Å². The van der Waals surface area contributed by atoms with Crippen molar-refractivity contribution in [2.24, 2.45) is 5.41 Å². The van der Waals surface area contributed by atoms with E-state index in [9.17, 15) is 0 Å². The maximum absolute atomic E-state index is 5.51. The summed E-state index contributed by atoms with van der Waals surface area (Å²) in [5.41, 5.74) is 0.174. The van der Waals surface area contributed by atoms with E-state index in [2.05, 4.69) is 50.1 Å². The molecule has 4 nitrogen and oxygen atoms in total. The largest absolute Gasteiger partial charge is 0.339 e. The van der Waals surface area contributed by atoms with Crippen molar-refractivity contribution in [3.63, 3.8) is 0 Å². The Labute approximate surface area is 136 Å². The lowest BCUT2D eigenvalue weighted by Gasteiger charge is -2.30. The van der Waals surface area contributed by atoms with Gasteiger partial charge in [-0.3, -0.25) is 0 Å². The smallest absolute Gasteiger partial charge is 0.228 e. The summed E-state index contributed by atoms with van der Waals surface area (Å²) in [4.78, 5) is 4.67. The van der Waals surface area contributed by atoms with Crippen LogP contribution in [0.4, 0.5) is 0 Å². The average Bonchev–Trinajstić information content (AvgIpc) is 2.86. The molecule has 2 rings (SSSR count). The van der Waals surface area contributed by atoms with Gasteiger partial charge in [0.15, 0.2) is 5.82 Å². The summed E-state index contributed by atoms with van der Waals surface area (Å²) in [5.74, 6) is 4.03. The monoisotopic (exact) mass is 329 g/mol. The highest BCUT2D eigenvalue weighted by atomic mass is 32.2. The van der Waals surface area contributed by atoms with Crippen LogP contribution in [0.1, 0.15) is 51.6 Å². The minimum atomic E-state index is 0.174. The molecule has 1 aromatic heterocycles. The maximum atomic E-state index is 5.51. The molecule has 2 heterocycles. The van der Waals surface area contributed by atoms with Crippen molar-refractivity contribution in [1.29, 1.82) is 0 Å². The quantitative estimate of drug-likeness (QED) is 0.891. The third-order valence-corrected chi connectivity index (χ3v) is 6.89. The predicted octanol–water partition coefficient (Wildman–Crippen LogP) is 3.55. The van der Waals surface area contributed by atoms with Crippen molar-refractivity contribution in [1.82, 2.24) is 15.5 Å². The van der Waals surface area contributed by atoms with Gasteiger partial charge in [-0.15, -0.1) is 11.8 Å². The van der Waals surface area contributed by atoms with Gasteiger partial charge in [0.25, 0.3) is 0 Å². The number of nitrogens with one attached hydrogen (secondary N) is 1. The number of thioether (sulfide) groups is 2. The minimum Gasteiger partial charge on any atom is -0.339 e. The zero-order valence-electron chi connectivity index (χ0n) is 13.7. The van der Waals surface area contributed by atoms with E-state index in [-0.39, 0.29) is 5.41 Å². The second kappa shape index (κ2) is 7.38. The molecule has 1 N–H and O–H groups in total. The van der Waals surface area contributed by atoms with Gasteiger partial charge in [0.05, 0.1) is 5.25 Å². The van der Waals surface area contributed by atoms with Crippen molar-refractivity contribution in [3.05, 3.63) is 11.7 Å². The fourth-order valence-electron chi connectivity index (χ4n) is 2.49. The van der Waals surface area contributed by atoms with Gasteiger partial charge in [0.2, 0.25) is 5.89 Å². The molecule has 1 aliphatic rings. The Balaban J connectivity index is 2.05. The maximum Gasteiger partial charge on any atom is 0.228 e. The standard InChI is InChI=1S/C15H27N3OS2/c1-6-16-11(15(3,4)5)9-12-17-14(18-19-12)13-10(2)20-7-8-21-13/h10-11,13,16H,6-9H2,1-5H3. The highest BCUT2D eigenvalue weighted by Gasteiger charge is 2.30. The first-order chi connectivity index (χ1) is 9.91. The molecule has 0 bridgehead atoms. The molecule has 1 saturated heterocycles. The van der Waals surface area contributed by atoms with Crippen LogP contribution in [0.25, 0.3) is 0 Å². The van der Waals surface area contributed by atoms with E-state index in [1.807, 2.05) is 23.5 Å². The molecular formula is C15H27N3OS2. The molecule has 3 atom stereocenters. The fourth-order valence-corrected chi connectivity index (χ4v) is 5.17. The normalized spacial score (nSPS) is 25.0. The summed E-state index contributed by atoms with van der Waals surface area (Å²) in [6.45, 7) is 12.1. The fraction of sp³-hybridized carbons (Fsp3) is 0.867. The van der Waals surface area contributed by atoms with E-state index in [0.29, 0.717) is 16.5 Å². The number of hydrogen-bond donors (Lipinski definition) is 1. The molecule has 0 aliphatic carbocycles. The summed E-state index contributed by atoms with van der Waals surface area (Å²) in [6, 6.07) is 0.349. The first-order valence-electron chi connectivity index (χ1n) is 7.71. The number of nitrogens with zero attached hydrogens (tertiary/aromatic N) is 2. The molecule has 0 amide bonds. The van der Waals surface area contributed by atoms with Crippen LogP contribution in [-0.4, -0.2) is 39.5 Å². The Bertz CT molecular complexity index is 444. The molecule has 0 saturated carbocycles. The van der Waals surface area contributed by atoms with Crippen molar-refractivity contribution in [3.8, 4) is 0 Å². The third kappa shape index (κ3) is 4.63. The second-order valence-corrected chi connectivity index (χ2v) is 9.33. The van der Waals surface area contributed by atoms with E-state index in [0.717, 1.165) is 24.7 Å². The zero-order valence-corrected chi connectivity index (χ0v) is 15.3. The van der Waals surface area contributed by atoms with Crippen molar-refractivity contribution in [2.45, 2.75) is 57.6 Å². The predicted molar refractivity (Wildman–Crippen MR) is 92.0 cm³/mol. The molecule has 3 unspecified atom stereocenters. The van der Waals surface area contributed by atoms with Gasteiger partial charge >= 0.3 is 0 Å². The number of hydrogen-bond acceptors (Lipinski definition) is 6. The van der Waals surface area contributed by atoms with Crippen LogP contribution in [0.2, 0.25) is 0 Å². The Hall–Kier alpha value is -0.200. The van der Waals surface area contributed by atoms with Crippen molar-refractivity contribution < 1.29 is 4.52 Å². The first kappa shape index (κ1) is 17.2. The molecule has 0 radical (unpaired) electrons. The Morgan fingerprint density at radius 1 is 1.33 bits per heavy atom. The zero-order chi connectivity index (χ0) is 15.5. The van der Waals surface area contributed by atoms with Crippen molar-refractivity contribution >= 4 is 23.5 Å². The van der Waals surface area contributed by atoms with Gasteiger partial charge in [0, 0.05) is 29.2 Å². The molecule has 120 valence electrons. The molecule has 0 aromatic carbocycles. The average molecular weight is 330 g/mol. The minimum absolute atomic E-state index is 0.174. The molecule has 0 spiro atoms.